The van der Waals surface area contributed by atoms with Gasteiger partial charge in [-0.25, -0.2) is 0 Å². The summed E-state index contributed by atoms with van der Waals surface area (Å²) in [5.74, 6) is 0.728. The van der Waals surface area contributed by atoms with E-state index in [1.165, 1.54) is 35.0 Å². The minimum Gasteiger partial charge on any atom is -0.316 e. The Kier molecular flexibility index (Phi) is 5.43. The van der Waals surface area contributed by atoms with Crippen LogP contribution in [0.4, 0.5) is 0 Å². The van der Waals surface area contributed by atoms with Crippen LogP contribution < -0.4 is 5.32 Å². The lowest BCUT2D eigenvalue weighted by Crippen LogP contribution is -2.29. The number of nitrogens with zero attached hydrogens (tertiary/aromatic N) is 1. The van der Waals surface area contributed by atoms with Crippen molar-refractivity contribution in [3.05, 3.63) is 33.8 Å². The van der Waals surface area contributed by atoms with Crippen LogP contribution in [0.3, 0.4) is 0 Å². The Morgan fingerprint density at radius 3 is 2.89 bits per heavy atom. The van der Waals surface area contributed by atoms with Crippen molar-refractivity contribution in [2.45, 2.75) is 32.7 Å². The van der Waals surface area contributed by atoms with Crippen LogP contribution >= 0.6 is 15.9 Å². The predicted octanol–water partition coefficient (Wildman–Crippen LogP) is 3.75. The van der Waals surface area contributed by atoms with Gasteiger partial charge in [0.05, 0.1) is 0 Å². The fourth-order valence-corrected chi connectivity index (χ4v) is 3.42. The molecule has 0 saturated carbocycles. The molecular weight excluding hydrogens is 300 g/mol. The Labute approximate surface area is 125 Å². The Morgan fingerprint density at radius 1 is 1.42 bits per heavy atom. The van der Waals surface area contributed by atoms with Gasteiger partial charge in [0.2, 0.25) is 0 Å². The molecule has 2 unspecified atom stereocenters. The number of rotatable bonds is 5. The smallest absolute Gasteiger partial charge is 0.0386 e. The van der Waals surface area contributed by atoms with Crippen LogP contribution in [0.15, 0.2) is 22.7 Å². The standard InChI is InChI=1S/C16H25BrN2/c1-4-8-18-11-14-7-9-19(3)16(14)13-6-5-12(2)15(17)10-13/h5-6,10,14,16,18H,4,7-9,11H2,1-3H3. The molecule has 106 valence electrons. The molecule has 0 bridgehead atoms. The zero-order valence-corrected chi connectivity index (χ0v) is 13.8. The predicted molar refractivity (Wildman–Crippen MR) is 85.5 cm³/mol. The zero-order valence-electron chi connectivity index (χ0n) is 12.2. The first-order chi connectivity index (χ1) is 9.13. The number of nitrogens with one attached hydrogen (secondary N) is 1. The molecule has 0 aromatic heterocycles. The van der Waals surface area contributed by atoms with Gasteiger partial charge in [-0.3, -0.25) is 4.90 Å². The Balaban J connectivity index is 2.11. The Bertz CT molecular complexity index is 419. The number of hydrogen-bond acceptors (Lipinski definition) is 2. The molecule has 1 N–H and O–H groups in total. The third-order valence-electron chi connectivity index (χ3n) is 4.14. The molecule has 1 aliphatic heterocycles. The van der Waals surface area contributed by atoms with E-state index in [0.717, 1.165) is 19.0 Å². The van der Waals surface area contributed by atoms with Crippen molar-refractivity contribution in [3.8, 4) is 0 Å². The van der Waals surface area contributed by atoms with Gasteiger partial charge in [-0.1, -0.05) is 35.0 Å². The molecule has 1 fully saturated rings. The molecule has 1 aliphatic rings. The first-order valence-corrected chi connectivity index (χ1v) is 8.09. The molecule has 1 aromatic carbocycles. The van der Waals surface area contributed by atoms with Gasteiger partial charge >= 0.3 is 0 Å². The maximum atomic E-state index is 3.66. The molecule has 1 heterocycles. The van der Waals surface area contributed by atoms with E-state index in [1.54, 1.807) is 0 Å². The highest BCUT2D eigenvalue weighted by atomic mass is 79.9. The summed E-state index contributed by atoms with van der Waals surface area (Å²) in [5.41, 5.74) is 2.76. The van der Waals surface area contributed by atoms with Gasteiger partial charge in [0.15, 0.2) is 0 Å². The average Bonchev–Trinajstić information content (AvgIpc) is 2.75. The third kappa shape index (κ3) is 3.59. The fraction of sp³-hybridized carbons (Fsp3) is 0.625. The van der Waals surface area contributed by atoms with Gasteiger partial charge in [0.1, 0.15) is 0 Å². The van der Waals surface area contributed by atoms with Gasteiger partial charge in [0.25, 0.3) is 0 Å². The molecule has 0 radical (unpaired) electrons. The van der Waals surface area contributed by atoms with E-state index < -0.39 is 0 Å². The third-order valence-corrected chi connectivity index (χ3v) is 5.00. The van der Waals surface area contributed by atoms with E-state index >= 15 is 0 Å². The summed E-state index contributed by atoms with van der Waals surface area (Å²) in [7, 11) is 2.25. The van der Waals surface area contributed by atoms with E-state index in [2.05, 4.69) is 65.2 Å². The van der Waals surface area contributed by atoms with Crippen LogP contribution in [0, 0.1) is 12.8 Å². The minimum atomic E-state index is 0.557. The summed E-state index contributed by atoms with van der Waals surface area (Å²) in [6, 6.07) is 7.37. The molecule has 2 rings (SSSR count). The minimum absolute atomic E-state index is 0.557. The molecule has 0 aliphatic carbocycles. The van der Waals surface area contributed by atoms with Crippen molar-refractivity contribution < 1.29 is 0 Å². The number of aryl methyl sites for hydroxylation is 1. The van der Waals surface area contributed by atoms with E-state index in [4.69, 9.17) is 0 Å². The van der Waals surface area contributed by atoms with E-state index in [-0.39, 0.29) is 0 Å². The van der Waals surface area contributed by atoms with Gasteiger partial charge in [0, 0.05) is 10.5 Å². The number of hydrogen-bond donors (Lipinski definition) is 1. The summed E-state index contributed by atoms with van der Waals surface area (Å²) in [6.07, 6.45) is 2.51. The van der Waals surface area contributed by atoms with E-state index in [1.807, 2.05) is 0 Å². The number of likely N-dealkylation sites (tertiary alicyclic amines) is 1. The first kappa shape index (κ1) is 15.0. The van der Waals surface area contributed by atoms with Crippen LogP contribution in [0.1, 0.15) is 36.9 Å². The lowest BCUT2D eigenvalue weighted by atomic mass is 9.93. The average molecular weight is 325 g/mol. The van der Waals surface area contributed by atoms with Crippen LogP contribution in [0.2, 0.25) is 0 Å². The summed E-state index contributed by atoms with van der Waals surface area (Å²) in [5, 5.41) is 3.58. The molecule has 19 heavy (non-hydrogen) atoms. The largest absolute Gasteiger partial charge is 0.316 e. The second-order valence-corrected chi connectivity index (χ2v) is 6.54. The fourth-order valence-electron chi connectivity index (χ4n) is 3.02. The maximum absolute atomic E-state index is 3.66. The highest BCUT2D eigenvalue weighted by Crippen LogP contribution is 2.37. The van der Waals surface area contributed by atoms with Gasteiger partial charge < -0.3 is 5.32 Å². The first-order valence-electron chi connectivity index (χ1n) is 7.30. The summed E-state index contributed by atoms with van der Waals surface area (Å²) >= 11 is 3.66. The highest BCUT2D eigenvalue weighted by Gasteiger charge is 2.32. The van der Waals surface area contributed by atoms with Crippen molar-refractivity contribution in [1.29, 1.82) is 0 Å². The van der Waals surface area contributed by atoms with Crippen molar-refractivity contribution in [3.63, 3.8) is 0 Å². The molecule has 2 nitrogen and oxygen atoms in total. The quantitative estimate of drug-likeness (QED) is 0.830. The molecule has 1 aromatic rings. The van der Waals surface area contributed by atoms with Crippen LogP contribution in [-0.2, 0) is 0 Å². The molecular formula is C16H25BrN2. The Hall–Kier alpha value is -0.380. The van der Waals surface area contributed by atoms with E-state index in [9.17, 15) is 0 Å². The van der Waals surface area contributed by atoms with Crippen LogP contribution in [0.25, 0.3) is 0 Å². The van der Waals surface area contributed by atoms with Gasteiger partial charge in [-0.05, 0) is 69.6 Å². The molecule has 0 spiro atoms. The van der Waals surface area contributed by atoms with Gasteiger partial charge in [-0.15, -0.1) is 0 Å². The number of benzene rings is 1. The van der Waals surface area contributed by atoms with E-state index in [0.29, 0.717) is 6.04 Å². The molecule has 0 amide bonds. The van der Waals surface area contributed by atoms with Crippen molar-refractivity contribution in [1.82, 2.24) is 10.2 Å². The summed E-state index contributed by atoms with van der Waals surface area (Å²) < 4.78 is 1.23. The molecule has 3 heteroatoms. The lowest BCUT2D eigenvalue weighted by Gasteiger charge is -2.26. The lowest BCUT2D eigenvalue weighted by molar-refractivity contribution is 0.272. The second-order valence-electron chi connectivity index (χ2n) is 5.69. The monoisotopic (exact) mass is 324 g/mol. The summed E-state index contributed by atoms with van der Waals surface area (Å²) in [4.78, 5) is 2.50. The van der Waals surface area contributed by atoms with Crippen molar-refractivity contribution >= 4 is 15.9 Å². The van der Waals surface area contributed by atoms with Crippen LogP contribution in [0.5, 0.6) is 0 Å². The highest BCUT2D eigenvalue weighted by molar-refractivity contribution is 9.10. The second kappa shape index (κ2) is 6.87. The normalized spacial score (nSPS) is 24.0. The van der Waals surface area contributed by atoms with Crippen LogP contribution in [-0.4, -0.2) is 31.6 Å². The number of halogens is 1. The topological polar surface area (TPSA) is 15.3 Å². The molecule has 1 saturated heterocycles. The van der Waals surface area contributed by atoms with Crippen molar-refractivity contribution in [2.24, 2.45) is 5.92 Å². The maximum Gasteiger partial charge on any atom is 0.0386 e. The molecule has 2 atom stereocenters. The Morgan fingerprint density at radius 2 is 2.21 bits per heavy atom. The summed E-state index contributed by atoms with van der Waals surface area (Å²) in [6.45, 7) is 7.84. The zero-order chi connectivity index (χ0) is 13.8. The SMILES string of the molecule is CCCNCC1CCN(C)C1c1ccc(C)c(Br)c1. The van der Waals surface area contributed by atoms with Gasteiger partial charge in [-0.2, -0.15) is 0 Å². The van der Waals surface area contributed by atoms with Crippen molar-refractivity contribution in [2.75, 3.05) is 26.7 Å².